The highest BCUT2D eigenvalue weighted by Crippen LogP contribution is 2.49. The predicted octanol–water partition coefficient (Wildman–Crippen LogP) is 3.31. The van der Waals surface area contributed by atoms with Crippen LogP contribution >= 0.6 is 0 Å². The number of benzene rings is 1. The molecule has 25 heavy (non-hydrogen) atoms. The molecule has 2 fully saturated rings. The Bertz CT molecular complexity index is 729. The van der Waals surface area contributed by atoms with E-state index in [4.69, 9.17) is 11.5 Å². The standard InChI is InChI=1S/C18H23F2N5/c19-17(20)10-13(11-17)12-5-4-6-14(9-12)25-16(22)23-15(21)24-18(25)7-2-1-3-8-18/h4-6,9,13H,1-3,7-8,10-11H2,(H4,21,22,23,24). The van der Waals surface area contributed by atoms with Gasteiger partial charge in [-0.15, -0.1) is 0 Å². The van der Waals surface area contributed by atoms with Crippen molar-refractivity contribution in [1.29, 1.82) is 0 Å². The van der Waals surface area contributed by atoms with Gasteiger partial charge in [-0.25, -0.2) is 13.8 Å². The number of anilines is 1. The van der Waals surface area contributed by atoms with Crippen molar-refractivity contribution in [3.05, 3.63) is 29.8 Å². The summed E-state index contributed by atoms with van der Waals surface area (Å²) in [7, 11) is 0. The number of rotatable bonds is 2. The summed E-state index contributed by atoms with van der Waals surface area (Å²) in [5.74, 6) is -2.10. The summed E-state index contributed by atoms with van der Waals surface area (Å²) in [5, 5.41) is 0. The molecule has 0 bridgehead atoms. The van der Waals surface area contributed by atoms with Gasteiger partial charge in [0, 0.05) is 18.5 Å². The lowest BCUT2D eigenvalue weighted by Crippen LogP contribution is -2.58. The van der Waals surface area contributed by atoms with Crippen LogP contribution in [0.3, 0.4) is 0 Å². The number of nitrogens with two attached hydrogens (primary N) is 2. The second-order valence-corrected chi connectivity index (χ2v) is 7.37. The maximum absolute atomic E-state index is 13.2. The molecule has 1 spiro atoms. The molecular weight excluding hydrogens is 324 g/mol. The molecule has 4 N–H and O–H groups in total. The SMILES string of the molecule is NC1=NC2(CCCCC2)N(c2cccc(C3CC(F)(F)C3)c2)C(N)=N1. The Morgan fingerprint density at radius 1 is 1.08 bits per heavy atom. The molecule has 1 heterocycles. The molecule has 134 valence electrons. The normalized spacial score (nSPS) is 25.3. The van der Waals surface area contributed by atoms with E-state index in [0.717, 1.165) is 36.9 Å². The third kappa shape index (κ3) is 2.85. The van der Waals surface area contributed by atoms with Crippen LogP contribution in [0.1, 0.15) is 56.4 Å². The van der Waals surface area contributed by atoms with Gasteiger partial charge in [-0.1, -0.05) is 18.6 Å². The van der Waals surface area contributed by atoms with Gasteiger partial charge in [0.05, 0.1) is 0 Å². The molecule has 0 amide bonds. The van der Waals surface area contributed by atoms with Gasteiger partial charge in [0.2, 0.25) is 17.8 Å². The van der Waals surface area contributed by atoms with Crippen molar-refractivity contribution in [3.8, 4) is 0 Å². The van der Waals surface area contributed by atoms with Crippen LogP contribution in [0, 0.1) is 0 Å². The quantitative estimate of drug-likeness (QED) is 0.861. The Morgan fingerprint density at radius 3 is 2.48 bits per heavy atom. The fourth-order valence-corrected chi connectivity index (χ4v) is 4.31. The van der Waals surface area contributed by atoms with Crippen molar-refractivity contribution in [2.75, 3.05) is 4.90 Å². The summed E-state index contributed by atoms with van der Waals surface area (Å²) >= 11 is 0. The van der Waals surface area contributed by atoms with Gasteiger partial charge in [0.1, 0.15) is 5.66 Å². The van der Waals surface area contributed by atoms with Crippen LogP contribution in [0.2, 0.25) is 0 Å². The molecule has 1 aliphatic heterocycles. The van der Waals surface area contributed by atoms with Crippen LogP contribution < -0.4 is 16.4 Å². The highest BCUT2D eigenvalue weighted by atomic mass is 19.3. The minimum atomic E-state index is -2.53. The first kappa shape index (κ1) is 16.3. The van der Waals surface area contributed by atoms with Gasteiger partial charge >= 0.3 is 0 Å². The van der Waals surface area contributed by atoms with Gasteiger partial charge < -0.3 is 11.5 Å². The molecule has 1 aromatic carbocycles. The van der Waals surface area contributed by atoms with E-state index in [1.165, 1.54) is 6.42 Å². The minimum absolute atomic E-state index is 0.0870. The first-order valence-electron chi connectivity index (χ1n) is 8.86. The smallest absolute Gasteiger partial charge is 0.249 e. The summed E-state index contributed by atoms with van der Waals surface area (Å²) in [6, 6.07) is 7.70. The zero-order valence-corrected chi connectivity index (χ0v) is 14.1. The van der Waals surface area contributed by atoms with Gasteiger partial charge in [-0.05, 0) is 49.3 Å². The van der Waals surface area contributed by atoms with Gasteiger partial charge in [0.25, 0.3) is 0 Å². The van der Waals surface area contributed by atoms with Crippen molar-refractivity contribution >= 4 is 17.6 Å². The number of aliphatic imine (C=N–C) groups is 2. The molecule has 4 rings (SSSR count). The van der Waals surface area contributed by atoms with Gasteiger partial charge in [0.15, 0.2) is 0 Å². The first-order chi connectivity index (χ1) is 11.9. The Hall–Kier alpha value is -2.18. The Kier molecular flexibility index (Phi) is 3.70. The second-order valence-electron chi connectivity index (χ2n) is 7.37. The molecule has 1 aromatic rings. The van der Waals surface area contributed by atoms with E-state index in [1.807, 2.05) is 29.2 Å². The number of nitrogens with zero attached hydrogens (tertiary/aromatic N) is 3. The van der Waals surface area contributed by atoms with Gasteiger partial charge in [-0.3, -0.25) is 4.90 Å². The third-order valence-electron chi connectivity index (χ3n) is 5.54. The third-order valence-corrected chi connectivity index (χ3v) is 5.54. The molecule has 0 unspecified atom stereocenters. The zero-order valence-electron chi connectivity index (χ0n) is 14.1. The van der Waals surface area contributed by atoms with E-state index in [-0.39, 0.29) is 24.7 Å². The van der Waals surface area contributed by atoms with Crippen LogP contribution in [-0.2, 0) is 0 Å². The number of hydrogen-bond donors (Lipinski definition) is 2. The summed E-state index contributed by atoms with van der Waals surface area (Å²) in [4.78, 5) is 10.7. The molecule has 7 heteroatoms. The molecule has 0 radical (unpaired) electrons. The lowest BCUT2D eigenvalue weighted by atomic mass is 9.76. The van der Waals surface area contributed by atoms with Crippen molar-refractivity contribution in [3.63, 3.8) is 0 Å². The largest absolute Gasteiger partial charge is 0.369 e. The van der Waals surface area contributed by atoms with Crippen LogP contribution in [-0.4, -0.2) is 23.5 Å². The van der Waals surface area contributed by atoms with Crippen LogP contribution in [0.25, 0.3) is 0 Å². The monoisotopic (exact) mass is 347 g/mol. The lowest BCUT2D eigenvalue weighted by Gasteiger charge is -2.46. The van der Waals surface area contributed by atoms with E-state index in [0.29, 0.717) is 5.96 Å². The van der Waals surface area contributed by atoms with E-state index in [9.17, 15) is 8.78 Å². The van der Waals surface area contributed by atoms with E-state index in [2.05, 4.69) is 9.98 Å². The molecule has 2 saturated carbocycles. The molecule has 5 nitrogen and oxygen atoms in total. The molecule has 3 aliphatic rings. The fraction of sp³-hybridized carbons (Fsp3) is 0.556. The minimum Gasteiger partial charge on any atom is -0.369 e. The molecule has 0 saturated heterocycles. The Morgan fingerprint density at radius 2 is 1.80 bits per heavy atom. The summed E-state index contributed by atoms with van der Waals surface area (Å²) in [6.07, 6.45) is 4.81. The number of halogens is 2. The second kappa shape index (κ2) is 5.68. The van der Waals surface area contributed by atoms with Crippen molar-refractivity contribution in [1.82, 2.24) is 0 Å². The topological polar surface area (TPSA) is 80.0 Å². The summed E-state index contributed by atoms with van der Waals surface area (Å²) in [5.41, 5.74) is 13.4. The molecule has 2 aliphatic carbocycles. The average molecular weight is 347 g/mol. The molecular formula is C18H23F2N5. The van der Waals surface area contributed by atoms with Crippen LogP contribution in [0.5, 0.6) is 0 Å². The predicted molar refractivity (Wildman–Crippen MR) is 94.9 cm³/mol. The van der Waals surface area contributed by atoms with Gasteiger partial charge in [-0.2, -0.15) is 4.99 Å². The first-order valence-corrected chi connectivity index (χ1v) is 8.86. The summed E-state index contributed by atoms with van der Waals surface area (Å²) < 4.78 is 26.5. The number of guanidine groups is 2. The lowest BCUT2D eigenvalue weighted by molar-refractivity contribution is -0.0867. The van der Waals surface area contributed by atoms with Crippen molar-refractivity contribution in [2.45, 2.75) is 62.4 Å². The van der Waals surface area contributed by atoms with Crippen molar-refractivity contribution in [2.24, 2.45) is 21.5 Å². The Labute approximate surface area is 145 Å². The summed E-state index contributed by atoms with van der Waals surface area (Å²) in [6.45, 7) is 0. The fourth-order valence-electron chi connectivity index (χ4n) is 4.31. The van der Waals surface area contributed by atoms with E-state index < -0.39 is 11.6 Å². The average Bonchev–Trinajstić information content (AvgIpc) is 2.52. The zero-order chi connectivity index (χ0) is 17.7. The number of hydrogen-bond acceptors (Lipinski definition) is 5. The van der Waals surface area contributed by atoms with Crippen molar-refractivity contribution < 1.29 is 8.78 Å². The maximum atomic E-state index is 13.2. The van der Waals surface area contributed by atoms with E-state index in [1.54, 1.807) is 0 Å². The highest BCUT2D eigenvalue weighted by Gasteiger charge is 2.46. The molecule has 0 aromatic heterocycles. The highest BCUT2D eigenvalue weighted by molar-refractivity contribution is 6.05. The van der Waals surface area contributed by atoms with E-state index >= 15 is 0 Å². The maximum Gasteiger partial charge on any atom is 0.249 e. The molecule has 0 atom stereocenters. The number of alkyl halides is 2. The Balaban J connectivity index is 1.68. The van der Waals surface area contributed by atoms with Crippen LogP contribution in [0.4, 0.5) is 14.5 Å². The van der Waals surface area contributed by atoms with Crippen LogP contribution in [0.15, 0.2) is 34.3 Å².